The number of amides is 1. The van der Waals surface area contributed by atoms with Crippen LogP contribution < -0.4 is 7.85 Å². The van der Waals surface area contributed by atoms with E-state index in [2.05, 4.69) is 12.1 Å². The third-order valence-corrected chi connectivity index (χ3v) is 7.72. The van der Waals surface area contributed by atoms with Crippen LogP contribution in [0.3, 0.4) is 0 Å². The van der Waals surface area contributed by atoms with Gasteiger partial charge in [-0.05, 0) is 71.5 Å². The smallest absolute Gasteiger partial charge is 0.339 e. The molecule has 1 heterocycles. The normalized spacial score (nSPS) is 15.3. The molecule has 4 rings (SSSR count). The van der Waals surface area contributed by atoms with E-state index in [-0.39, 0.29) is 17.4 Å². The molecule has 7 heteroatoms. The Morgan fingerprint density at radius 2 is 1.83 bits per heavy atom. The van der Waals surface area contributed by atoms with Gasteiger partial charge >= 0.3 is 5.97 Å². The van der Waals surface area contributed by atoms with Crippen molar-refractivity contribution < 1.29 is 19.4 Å². The van der Waals surface area contributed by atoms with Gasteiger partial charge in [0.1, 0.15) is 10.8 Å². The average Bonchev–Trinajstić information content (AvgIpc) is 3.23. The number of hydrogen-bond acceptors (Lipinski definition) is 4. The highest BCUT2D eigenvalue weighted by molar-refractivity contribution is 14.1. The minimum absolute atomic E-state index is 0.136. The largest absolute Gasteiger partial charge is 0.497 e. The van der Waals surface area contributed by atoms with Crippen molar-refractivity contribution in [1.29, 1.82) is 0 Å². The maximum absolute atomic E-state index is 13.0. The highest BCUT2D eigenvalue weighted by atomic mass is 127. The number of anilines is 1. The third-order valence-electron chi connectivity index (χ3n) is 5.49. The van der Waals surface area contributed by atoms with Gasteiger partial charge in [0.05, 0.1) is 35.5 Å². The quantitative estimate of drug-likeness (QED) is 0.337. The van der Waals surface area contributed by atoms with E-state index in [1.807, 2.05) is 40.4 Å². The number of carboxylic acids is 1. The molecule has 1 aromatic heterocycles. The first kappa shape index (κ1) is 20.9. The first-order valence-electron chi connectivity index (χ1n) is 9.55. The minimum Gasteiger partial charge on any atom is -0.497 e. The number of carbonyl (C=O) groups excluding carboxylic acids is 1. The van der Waals surface area contributed by atoms with Crippen molar-refractivity contribution in [3.8, 4) is 5.75 Å². The number of aromatic carboxylic acids is 1. The summed E-state index contributed by atoms with van der Waals surface area (Å²) in [6.45, 7) is 0. The number of rotatable bonds is 5. The number of ether oxygens (including phenoxy) is 1. The van der Waals surface area contributed by atoms with E-state index < -0.39 is 5.97 Å². The molecule has 5 nitrogen and oxygen atoms in total. The maximum Gasteiger partial charge on any atom is 0.339 e. The number of carbonyl (C=O) groups is 2. The number of methoxy groups -OCH3 is 1. The van der Waals surface area contributed by atoms with E-state index in [9.17, 15) is 14.7 Å². The SMILES string of the molecule is COc1ccc(C(=O)N(I)c2scc(C3CCc4ccccc4C3)c2C(=O)O)cc1. The van der Waals surface area contributed by atoms with Gasteiger partial charge in [-0.2, -0.15) is 0 Å². The van der Waals surface area contributed by atoms with Crippen molar-refractivity contribution in [2.24, 2.45) is 0 Å². The lowest BCUT2D eigenvalue weighted by Crippen LogP contribution is -2.22. The molecular formula is C23H20INO4S. The summed E-state index contributed by atoms with van der Waals surface area (Å²) in [5.74, 6) is -0.460. The summed E-state index contributed by atoms with van der Waals surface area (Å²) < 4.78 is 6.55. The van der Waals surface area contributed by atoms with Gasteiger partial charge in [0, 0.05) is 5.56 Å². The van der Waals surface area contributed by atoms with E-state index in [0.717, 1.165) is 24.8 Å². The summed E-state index contributed by atoms with van der Waals surface area (Å²) in [4.78, 5) is 25.1. The Labute approximate surface area is 192 Å². The molecule has 0 saturated heterocycles. The van der Waals surface area contributed by atoms with Crippen molar-refractivity contribution in [1.82, 2.24) is 0 Å². The first-order chi connectivity index (χ1) is 14.5. The van der Waals surface area contributed by atoms with Crippen molar-refractivity contribution in [3.05, 3.63) is 81.7 Å². The van der Waals surface area contributed by atoms with Gasteiger partial charge < -0.3 is 9.84 Å². The Kier molecular flexibility index (Phi) is 6.10. The fourth-order valence-corrected chi connectivity index (χ4v) is 5.83. The summed E-state index contributed by atoms with van der Waals surface area (Å²) in [6, 6.07) is 15.1. The minimum atomic E-state index is -0.996. The zero-order valence-electron chi connectivity index (χ0n) is 16.3. The van der Waals surface area contributed by atoms with Gasteiger partial charge in [0.15, 0.2) is 0 Å². The second-order valence-electron chi connectivity index (χ2n) is 7.20. The molecule has 1 N–H and O–H groups in total. The third kappa shape index (κ3) is 3.96. The molecule has 154 valence electrons. The Hall–Kier alpha value is -2.39. The molecule has 1 unspecified atom stereocenters. The van der Waals surface area contributed by atoms with Crippen molar-refractivity contribution in [3.63, 3.8) is 0 Å². The number of halogens is 1. The van der Waals surface area contributed by atoms with Crippen molar-refractivity contribution in [2.75, 3.05) is 10.2 Å². The van der Waals surface area contributed by atoms with E-state index in [4.69, 9.17) is 4.74 Å². The van der Waals surface area contributed by atoms with Crippen LogP contribution in [0, 0.1) is 0 Å². The van der Waals surface area contributed by atoms with E-state index in [1.165, 1.54) is 25.6 Å². The van der Waals surface area contributed by atoms with E-state index >= 15 is 0 Å². The number of carboxylic acid groups (broad SMARTS) is 1. The van der Waals surface area contributed by atoms with Crippen molar-refractivity contribution in [2.45, 2.75) is 25.2 Å². The Bertz CT molecular complexity index is 1090. The molecule has 0 radical (unpaired) electrons. The number of nitrogens with zero attached hydrogens (tertiary/aromatic N) is 1. The lowest BCUT2D eigenvalue weighted by atomic mass is 9.80. The highest BCUT2D eigenvalue weighted by Crippen LogP contribution is 2.42. The molecule has 0 aliphatic heterocycles. The Balaban J connectivity index is 1.64. The van der Waals surface area contributed by atoms with Gasteiger partial charge in [0.25, 0.3) is 5.91 Å². The van der Waals surface area contributed by atoms with Crippen LogP contribution in [-0.2, 0) is 12.8 Å². The van der Waals surface area contributed by atoms with Crippen molar-refractivity contribution >= 4 is 51.1 Å². The lowest BCUT2D eigenvalue weighted by molar-refractivity contribution is 0.0696. The van der Waals surface area contributed by atoms with Crippen LogP contribution in [-0.4, -0.2) is 24.1 Å². The topological polar surface area (TPSA) is 66.8 Å². The molecule has 0 fully saturated rings. The molecule has 1 atom stereocenters. The van der Waals surface area contributed by atoms with Gasteiger partial charge in [0.2, 0.25) is 0 Å². The first-order valence-corrected chi connectivity index (χ1v) is 11.4. The predicted octanol–water partition coefficient (Wildman–Crippen LogP) is 5.72. The molecule has 1 aliphatic rings. The maximum atomic E-state index is 13.0. The Morgan fingerprint density at radius 3 is 2.50 bits per heavy atom. The van der Waals surface area contributed by atoms with E-state index in [0.29, 0.717) is 16.3 Å². The second-order valence-corrected chi connectivity index (χ2v) is 9.02. The summed E-state index contributed by atoms with van der Waals surface area (Å²) in [7, 11) is 1.57. The van der Waals surface area contributed by atoms with Crippen LogP contribution in [0.5, 0.6) is 5.75 Å². The van der Waals surface area contributed by atoms with Gasteiger partial charge in [-0.3, -0.25) is 4.79 Å². The second kappa shape index (κ2) is 8.77. The summed E-state index contributed by atoms with van der Waals surface area (Å²) in [5, 5.41) is 12.3. The molecule has 3 aromatic rings. The molecule has 30 heavy (non-hydrogen) atoms. The Morgan fingerprint density at radius 1 is 1.13 bits per heavy atom. The van der Waals surface area contributed by atoms with E-state index in [1.54, 1.807) is 31.4 Å². The standard InChI is InChI=1S/C23H20INO4S/c1-29-18-10-8-15(9-11-18)21(26)25(24)22-20(23(27)28)19(13-30-22)17-7-6-14-4-2-3-5-16(14)12-17/h2-5,8-11,13,17H,6-7,12H2,1H3,(H,27,28). The van der Waals surface area contributed by atoms with Crippen LogP contribution in [0.2, 0.25) is 0 Å². The van der Waals surface area contributed by atoms with Gasteiger partial charge in [-0.15, -0.1) is 11.3 Å². The fourth-order valence-electron chi connectivity index (χ4n) is 3.92. The molecule has 0 saturated carbocycles. The van der Waals surface area contributed by atoms with Crippen LogP contribution in [0.25, 0.3) is 0 Å². The molecule has 0 bridgehead atoms. The predicted molar refractivity (Wildman–Crippen MR) is 126 cm³/mol. The molecular weight excluding hydrogens is 513 g/mol. The lowest BCUT2D eigenvalue weighted by Gasteiger charge is -2.25. The monoisotopic (exact) mass is 533 g/mol. The summed E-state index contributed by atoms with van der Waals surface area (Å²) in [5.41, 5.74) is 4.15. The zero-order chi connectivity index (χ0) is 21.3. The molecule has 0 spiro atoms. The average molecular weight is 533 g/mol. The van der Waals surface area contributed by atoms with Crippen LogP contribution in [0.15, 0.2) is 53.9 Å². The number of aryl methyl sites for hydroxylation is 1. The summed E-state index contributed by atoms with van der Waals surface area (Å²) in [6.07, 6.45) is 2.66. The molecule has 1 amide bonds. The summed E-state index contributed by atoms with van der Waals surface area (Å²) >= 11 is 3.21. The number of fused-ring (bicyclic) bond motifs is 1. The number of hydrogen-bond donors (Lipinski definition) is 1. The van der Waals surface area contributed by atoms with Gasteiger partial charge in [-0.1, -0.05) is 24.3 Å². The van der Waals surface area contributed by atoms with Crippen LogP contribution in [0.1, 0.15) is 49.7 Å². The highest BCUT2D eigenvalue weighted by Gasteiger charge is 2.31. The number of thiophene rings is 1. The zero-order valence-corrected chi connectivity index (χ0v) is 19.3. The van der Waals surface area contributed by atoms with Crippen LogP contribution in [0.4, 0.5) is 5.00 Å². The molecule has 2 aromatic carbocycles. The fraction of sp³-hybridized carbons (Fsp3) is 0.217. The number of benzene rings is 2. The molecule has 1 aliphatic carbocycles. The van der Waals surface area contributed by atoms with Gasteiger partial charge in [-0.25, -0.2) is 7.91 Å². The van der Waals surface area contributed by atoms with Crippen LogP contribution >= 0.6 is 34.2 Å².